The highest BCUT2D eigenvalue weighted by Gasteiger charge is 2.62. The minimum Gasteiger partial charge on any atom is -0.480 e. The molecule has 0 aromatic heterocycles. The number of hydrogen-bond acceptors (Lipinski definition) is 6. The summed E-state index contributed by atoms with van der Waals surface area (Å²) in [5.41, 5.74) is 1.83. The number of carboxylic acids is 1. The zero-order chi connectivity index (χ0) is 24.9. The number of hydrogen-bond donors (Lipinski definition) is 4. The van der Waals surface area contributed by atoms with Gasteiger partial charge in [-0.2, -0.15) is 0 Å². The van der Waals surface area contributed by atoms with Crippen LogP contribution >= 0.6 is 0 Å². The zero-order valence-electron chi connectivity index (χ0n) is 20.8. The van der Waals surface area contributed by atoms with Crippen LogP contribution < -0.4 is 5.32 Å². The molecule has 0 saturated heterocycles. The Morgan fingerprint density at radius 2 is 1.85 bits per heavy atom. The lowest BCUT2D eigenvalue weighted by molar-refractivity contribution is -0.145. The summed E-state index contributed by atoms with van der Waals surface area (Å²) in [5.74, 6) is -0.0617. The predicted octanol–water partition coefficient (Wildman–Crippen LogP) is 3.02. The third kappa shape index (κ3) is 4.17. The number of rotatable bonds is 6. The number of oxime groups is 1. The van der Waals surface area contributed by atoms with Crippen LogP contribution in [-0.2, 0) is 14.4 Å². The van der Waals surface area contributed by atoms with Gasteiger partial charge in [0.15, 0.2) is 12.6 Å². The van der Waals surface area contributed by atoms with Crippen molar-refractivity contribution in [1.82, 2.24) is 5.32 Å². The fourth-order valence-corrected chi connectivity index (χ4v) is 7.66. The zero-order valence-corrected chi connectivity index (χ0v) is 20.8. The van der Waals surface area contributed by atoms with Crippen molar-refractivity contribution in [2.75, 3.05) is 6.61 Å². The Hall–Kier alpha value is -1.93. The molecule has 0 radical (unpaired) electrons. The van der Waals surface area contributed by atoms with Crippen molar-refractivity contribution < 1.29 is 29.7 Å². The van der Waals surface area contributed by atoms with E-state index in [1.807, 2.05) is 6.92 Å². The van der Waals surface area contributed by atoms with Crippen molar-refractivity contribution in [3.8, 4) is 0 Å². The van der Waals surface area contributed by atoms with Crippen LogP contribution in [-0.4, -0.2) is 57.3 Å². The first kappa shape index (κ1) is 25.2. The molecule has 0 aromatic rings. The second-order valence-electron chi connectivity index (χ2n) is 11.8. The topological polar surface area (TPSA) is 128 Å². The van der Waals surface area contributed by atoms with Gasteiger partial charge in [-0.05, 0) is 99.9 Å². The molecular formula is C26H40N2O6. The number of aliphatic carboxylic acids is 1. The van der Waals surface area contributed by atoms with Crippen molar-refractivity contribution in [2.45, 2.75) is 96.8 Å². The van der Waals surface area contributed by atoms with Gasteiger partial charge < -0.3 is 25.5 Å². The van der Waals surface area contributed by atoms with E-state index in [-0.39, 0.29) is 10.8 Å². The van der Waals surface area contributed by atoms with Crippen LogP contribution in [0, 0.1) is 28.6 Å². The molecule has 34 heavy (non-hydrogen) atoms. The van der Waals surface area contributed by atoms with Crippen molar-refractivity contribution >= 4 is 17.6 Å². The molecule has 4 rings (SSSR count). The summed E-state index contributed by atoms with van der Waals surface area (Å²) < 4.78 is 0. The van der Waals surface area contributed by atoms with Gasteiger partial charge in [0, 0.05) is 0 Å². The van der Waals surface area contributed by atoms with E-state index in [1.165, 1.54) is 12.5 Å². The maximum atomic E-state index is 12.0. The molecule has 8 nitrogen and oxygen atoms in total. The smallest absolute Gasteiger partial charge is 0.328 e. The summed E-state index contributed by atoms with van der Waals surface area (Å²) in [6.07, 6.45) is 9.14. The van der Waals surface area contributed by atoms with E-state index in [0.29, 0.717) is 17.8 Å². The van der Waals surface area contributed by atoms with E-state index in [4.69, 9.17) is 9.94 Å². The monoisotopic (exact) mass is 476 g/mol. The van der Waals surface area contributed by atoms with Crippen LogP contribution in [0.1, 0.15) is 79.1 Å². The fourth-order valence-electron chi connectivity index (χ4n) is 7.66. The number of carbonyl (C=O) groups is 2. The van der Waals surface area contributed by atoms with Crippen LogP contribution in [0.5, 0.6) is 0 Å². The molecule has 3 saturated carbocycles. The molecule has 4 aliphatic rings. The fraction of sp³-hybridized carbons (Fsp3) is 0.808. The van der Waals surface area contributed by atoms with Gasteiger partial charge in [-0.25, -0.2) is 4.79 Å². The number of carboxylic acid groups (broad SMARTS) is 1. The maximum absolute atomic E-state index is 12.0. The molecule has 0 bridgehead atoms. The molecule has 0 aliphatic heterocycles. The minimum atomic E-state index is -1.38. The number of aliphatic hydroxyl groups excluding tert-OH is 1. The molecule has 4 aliphatic carbocycles. The maximum Gasteiger partial charge on any atom is 0.328 e. The van der Waals surface area contributed by atoms with Gasteiger partial charge in [-0.3, -0.25) is 4.79 Å². The normalized spacial score (nSPS) is 42.0. The van der Waals surface area contributed by atoms with Crippen molar-refractivity contribution in [1.29, 1.82) is 0 Å². The number of nitrogens with one attached hydrogen (secondary N) is 1. The summed E-state index contributed by atoms with van der Waals surface area (Å²) in [7, 11) is 0. The molecule has 4 N–H and O–H groups in total. The van der Waals surface area contributed by atoms with E-state index < -0.39 is 36.2 Å². The molecule has 190 valence electrons. The average Bonchev–Trinajstić information content (AvgIpc) is 3.00. The second-order valence-corrected chi connectivity index (χ2v) is 11.8. The standard InChI is InChI=1S/C26H40N2O6/c1-15(29)22(23(31)32)27-21(30)14-34-28-17-7-10-24(2)16(13-17)5-6-18-19(24)8-11-25(3)20(18)9-12-26(25,4)33/h13,15,18-20,22,29,33H,5-12,14H2,1-4H3,(H,27,30)(H,31,32)/b28-17+/t15-,18-,19+,20+,22-,24+,25+,26+/m1/s1. The summed E-state index contributed by atoms with van der Waals surface area (Å²) in [6.45, 7) is 7.67. The summed E-state index contributed by atoms with van der Waals surface area (Å²) >= 11 is 0. The van der Waals surface area contributed by atoms with Crippen LogP contribution in [0.3, 0.4) is 0 Å². The Bertz CT molecular complexity index is 896. The van der Waals surface area contributed by atoms with Gasteiger partial charge in [-0.1, -0.05) is 24.6 Å². The van der Waals surface area contributed by atoms with E-state index >= 15 is 0 Å². The molecule has 0 heterocycles. The first-order chi connectivity index (χ1) is 15.9. The third-order valence-corrected chi connectivity index (χ3v) is 9.98. The number of fused-ring (bicyclic) bond motifs is 5. The van der Waals surface area contributed by atoms with Crippen molar-refractivity contribution in [2.24, 2.45) is 33.7 Å². The first-order valence-corrected chi connectivity index (χ1v) is 12.7. The van der Waals surface area contributed by atoms with Gasteiger partial charge in [-0.15, -0.1) is 0 Å². The highest BCUT2D eigenvalue weighted by Crippen LogP contribution is 2.67. The highest BCUT2D eigenvalue weighted by molar-refractivity contribution is 5.96. The molecule has 0 spiro atoms. The molecule has 0 aromatic carbocycles. The largest absolute Gasteiger partial charge is 0.480 e. The number of allylic oxidation sites excluding steroid dienone is 2. The molecule has 8 heteroatoms. The predicted molar refractivity (Wildman–Crippen MR) is 127 cm³/mol. The molecular weight excluding hydrogens is 436 g/mol. The van der Waals surface area contributed by atoms with Crippen molar-refractivity contribution in [3.05, 3.63) is 11.6 Å². The first-order valence-electron chi connectivity index (χ1n) is 12.7. The molecule has 0 unspecified atom stereocenters. The van der Waals surface area contributed by atoms with Crippen LogP contribution in [0.4, 0.5) is 0 Å². The van der Waals surface area contributed by atoms with Gasteiger partial charge >= 0.3 is 5.97 Å². The van der Waals surface area contributed by atoms with Crippen LogP contribution in [0.25, 0.3) is 0 Å². The Labute approximate surface area is 201 Å². The summed E-state index contributed by atoms with van der Waals surface area (Å²) in [6, 6.07) is -1.38. The number of amides is 1. The number of aliphatic hydroxyl groups is 2. The molecule has 8 atom stereocenters. The lowest BCUT2D eigenvalue weighted by Crippen LogP contribution is -2.53. The van der Waals surface area contributed by atoms with E-state index in [0.717, 1.165) is 57.1 Å². The molecule has 3 fully saturated rings. The highest BCUT2D eigenvalue weighted by atomic mass is 16.6. The van der Waals surface area contributed by atoms with Gasteiger partial charge in [0.25, 0.3) is 5.91 Å². The Morgan fingerprint density at radius 1 is 1.15 bits per heavy atom. The van der Waals surface area contributed by atoms with Gasteiger partial charge in [0.05, 0.1) is 17.4 Å². The average molecular weight is 477 g/mol. The Kier molecular flexibility index (Phi) is 6.62. The number of carbonyl (C=O) groups excluding carboxylic acids is 1. The van der Waals surface area contributed by atoms with Crippen LogP contribution in [0.2, 0.25) is 0 Å². The third-order valence-electron chi connectivity index (χ3n) is 9.98. The van der Waals surface area contributed by atoms with Gasteiger partial charge in [0.1, 0.15) is 0 Å². The SMILES string of the molecule is C[C@@H](O)[C@@H](NC(=O)CO/N=C1/C=C2CC[C@@H]3[C@H](CC[C@@]4(C)[C@H]3CC[C@]4(C)O)[C@@]2(C)CC1)C(=O)O. The van der Waals surface area contributed by atoms with E-state index in [9.17, 15) is 19.8 Å². The van der Waals surface area contributed by atoms with E-state index in [2.05, 4.69) is 30.4 Å². The molecule has 1 amide bonds. The number of nitrogens with zero attached hydrogens (tertiary/aromatic N) is 1. The Morgan fingerprint density at radius 3 is 2.53 bits per heavy atom. The minimum absolute atomic E-state index is 0.0227. The van der Waals surface area contributed by atoms with Crippen molar-refractivity contribution in [3.63, 3.8) is 0 Å². The second kappa shape index (κ2) is 8.94. The summed E-state index contributed by atoms with van der Waals surface area (Å²) in [5, 5.41) is 36.0. The summed E-state index contributed by atoms with van der Waals surface area (Å²) in [4.78, 5) is 28.3. The van der Waals surface area contributed by atoms with Crippen LogP contribution in [0.15, 0.2) is 16.8 Å². The van der Waals surface area contributed by atoms with Gasteiger partial charge in [0.2, 0.25) is 0 Å². The quantitative estimate of drug-likeness (QED) is 0.436. The Balaban J connectivity index is 1.40. The van der Waals surface area contributed by atoms with E-state index in [1.54, 1.807) is 0 Å². The lowest BCUT2D eigenvalue weighted by Gasteiger charge is -2.59. The lowest BCUT2D eigenvalue weighted by atomic mass is 9.46.